The summed E-state index contributed by atoms with van der Waals surface area (Å²) in [5, 5.41) is 11.8. The molecule has 1 aromatic rings. The highest BCUT2D eigenvalue weighted by Crippen LogP contribution is 2.26. The monoisotopic (exact) mass is 396 g/mol. The topological polar surface area (TPSA) is 104 Å². The maximum atomic E-state index is 12.9. The number of sulfonamides is 1. The van der Waals surface area contributed by atoms with Crippen LogP contribution in [-0.4, -0.2) is 49.3 Å². The molecule has 1 saturated heterocycles. The van der Waals surface area contributed by atoms with E-state index >= 15 is 0 Å². The lowest BCUT2D eigenvalue weighted by molar-refractivity contribution is -0.147. The van der Waals surface area contributed by atoms with Gasteiger partial charge in [0.05, 0.1) is 10.3 Å². The maximum absolute atomic E-state index is 12.9. The van der Waals surface area contributed by atoms with Gasteiger partial charge in [-0.1, -0.05) is 17.7 Å². The Balaban J connectivity index is 1.98. The van der Waals surface area contributed by atoms with Crippen LogP contribution < -0.4 is 5.32 Å². The largest absolute Gasteiger partial charge is 0.481 e. The summed E-state index contributed by atoms with van der Waals surface area (Å²) < 4.78 is 27.2. The van der Waals surface area contributed by atoms with Gasteiger partial charge in [-0.3, -0.25) is 9.59 Å². The first-order valence-corrected chi connectivity index (χ1v) is 10.5. The second-order valence-electron chi connectivity index (χ2n) is 7.85. The fourth-order valence-electron chi connectivity index (χ4n) is 3.11. The van der Waals surface area contributed by atoms with Crippen LogP contribution in [0.5, 0.6) is 0 Å². The average Bonchev–Trinajstić information content (AvgIpc) is 2.59. The molecule has 0 saturated carbocycles. The van der Waals surface area contributed by atoms with Crippen LogP contribution >= 0.6 is 0 Å². The third-order valence-corrected chi connectivity index (χ3v) is 7.12. The zero-order chi connectivity index (χ0) is 20.4. The number of amides is 1. The summed E-state index contributed by atoms with van der Waals surface area (Å²) in [7, 11) is -3.58. The van der Waals surface area contributed by atoms with Crippen LogP contribution in [0.4, 0.5) is 0 Å². The number of hydrogen-bond donors (Lipinski definition) is 2. The van der Waals surface area contributed by atoms with Crippen LogP contribution in [0.25, 0.3) is 0 Å². The highest BCUT2D eigenvalue weighted by molar-refractivity contribution is 7.89. The number of carbonyl (C=O) groups excluding carboxylic acids is 1. The highest BCUT2D eigenvalue weighted by atomic mass is 32.2. The lowest BCUT2D eigenvalue weighted by atomic mass is 9.92. The standard InChI is InChI=1S/C19H28N2O5S/c1-13-5-6-16(14(2)11-13)27(25,26)21-9-7-15(8-10-21)17(22)20-12-19(3,4)18(23)24/h5-6,11,15H,7-10,12H2,1-4H3,(H,20,22)(H,23,24). The normalized spacial score (nSPS) is 16.9. The van der Waals surface area contributed by atoms with Crippen molar-refractivity contribution in [2.24, 2.45) is 11.3 Å². The van der Waals surface area contributed by atoms with Gasteiger partial charge in [0.15, 0.2) is 0 Å². The number of benzene rings is 1. The number of hydrogen-bond acceptors (Lipinski definition) is 4. The van der Waals surface area contributed by atoms with Gasteiger partial charge >= 0.3 is 5.97 Å². The summed E-state index contributed by atoms with van der Waals surface area (Å²) in [6.07, 6.45) is 0.840. The van der Waals surface area contributed by atoms with Gasteiger partial charge in [-0.25, -0.2) is 8.42 Å². The van der Waals surface area contributed by atoms with Crippen LogP contribution in [0.1, 0.15) is 37.8 Å². The van der Waals surface area contributed by atoms with Crippen molar-refractivity contribution >= 4 is 21.9 Å². The molecular formula is C19H28N2O5S. The van der Waals surface area contributed by atoms with Crippen molar-refractivity contribution in [1.82, 2.24) is 9.62 Å². The van der Waals surface area contributed by atoms with Crippen molar-refractivity contribution in [2.45, 2.75) is 45.4 Å². The summed E-state index contributed by atoms with van der Waals surface area (Å²) >= 11 is 0. The van der Waals surface area contributed by atoms with E-state index in [1.54, 1.807) is 32.9 Å². The molecule has 0 aromatic heterocycles. The Labute approximate surface area is 160 Å². The van der Waals surface area contributed by atoms with Gasteiger partial charge in [-0.2, -0.15) is 4.31 Å². The summed E-state index contributed by atoms with van der Waals surface area (Å²) in [6, 6.07) is 5.26. The second kappa shape index (κ2) is 7.98. The van der Waals surface area contributed by atoms with E-state index in [0.29, 0.717) is 23.3 Å². The minimum Gasteiger partial charge on any atom is -0.481 e. The Bertz CT molecular complexity index is 825. The molecule has 7 nitrogen and oxygen atoms in total. The van der Waals surface area contributed by atoms with E-state index in [4.69, 9.17) is 5.11 Å². The molecule has 27 heavy (non-hydrogen) atoms. The third kappa shape index (κ3) is 4.87. The van der Waals surface area contributed by atoms with E-state index < -0.39 is 21.4 Å². The van der Waals surface area contributed by atoms with Gasteiger partial charge in [0.25, 0.3) is 0 Å². The smallest absolute Gasteiger partial charge is 0.310 e. The van der Waals surface area contributed by atoms with E-state index in [0.717, 1.165) is 5.56 Å². The molecule has 0 spiro atoms. The molecule has 0 aliphatic carbocycles. The number of aryl methyl sites for hydroxylation is 2. The van der Waals surface area contributed by atoms with Gasteiger partial charge in [-0.15, -0.1) is 0 Å². The minimum atomic E-state index is -3.58. The Morgan fingerprint density at radius 2 is 1.81 bits per heavy atom. The Kier molecular flexibility index (Phi) is 6.32. The molecule has 150 valence electrons. The van der Waals surface area contributed by atoms with Crippen molar-refractivity contribution in [2.75, 3.05) is 19.6 Å². The fraction of sp³-hybridized carbons (Fsp3) is 0.579. The summed E-state index contributed by atoms with van der Waals surface area (Å²) in [4.78, 5) is 23.7. The first-order valence-electron chi connectivity index (χ1n) is 9.03. The molecule has 1 heterocycles. The highest BCUT2D eigenvalue weighted by Gasteiger charge is 2.34. The molecule has 0 atom stereocenters. The quantitative estimate of drug-likeness (QED) is 0.765. The molecule has 0 radical (unpaired) electrons. The van der Waals surface area contributed by atoms with Crippen LogP contribution in [0, 0.1) is 25.2 Å². The van der Waals surface area contributed by atoms with E-state index in [2.05, 4.69) is 5.32 Å². The number of piperidine rings is 1. The lowest BCUT2D eigenvalue weighted by Gasteiger charge is -2.31. The third-order valence-electron chi connectivity index (χ3n) is 5.06. The molecular weight excluding hydrogens is 368 g/mol. The van der Waals surface area contributed by atoms with E-state index in [1.807, 2.05) is 13.0 Å². The van der Waals surface area contributed by atoms with Crippen LogP contribution in [0.3, 0.4) is 0 Å². The predicted molar refractivity (Wildman–Crippen MR) is 102 cm³/mol. The molecule has 1 aliphatic heterocycles. The number of aliphatic carboxylic acids is 1. The number of nitrogens with one attached hydrogen (secondary N) is 1. The lowest BCUT2D eigenvalue weighted by Crippen LogP contribution is -2.45. The van der Waals surface area contributed by atoms with Crippen LogP contribution in [0.15, 0.2) is 23.1 Å². The van der Waals surface area contributed by atoms with Gasteiger partial charge in [0.2, 0.25) is 15.9 Å². The summed E-state index contributed by atoms with van der Waals surface area (Å²) in [6.45, 7) is 7.39. The molecule has 1 amide bonds. The van der Waals surface area contributed by atoms with Crippen molar-refractivity contribution in [3.05, 3.63) is 29.3 Å². The van der Waals surface area contributed by atoms with Crippen molar-refractivity contribution in [3.63, 3.8) is 0 Å². The minimum absolute atomic E-state index is 0.0439. The van der Waals surface area contributed by atoms with E-state index in [1.165, 1.54) is 4.31 Å². The van der Waals surface area contributed by atoms with Gasteiger partial charge < -0.3 is 10.4 Å². The van der Waals surface area contributed by atoms with Gasteiger partial charge in [0, 0.05) is 25.6 Å². The molecule has 8 heteroatoms. The predicted octanol–water partition coefficient (Wildman–Crippen LogP) is 1.93. The molecule has 0 unspecified atom stereocenters. The van der Waals surface area contributed by atoms with E-state index in [9.17, 15) is 18.0 Å². The average molecular weight is 397 g/mol. The van der Waals surface area contributed by atoms with E-state index in [-0.39, 0.29) is 31.5 Å². The maximum Gasteiger partial charge on any atom is 0.310 e. The fourth-order valence-corrected chi connectivity index (χ4v) is 4.79. The first kappa shape index (κ1) is 21.4. The number of carboxylic acids is 1. The molecule has 2 rings (SSSR count). The first-order chi connectivity index (χ1) is 12.4. The molecule has 1 aromatic carbocycles. The second-order valence-corrected chi connectivity index (χ2v) is 9.76. The van der Waals surface area contributed by atoms with Gasteiger partial charge in [-0.05, 0) is 52.2 Å². The van der Waals surface area contributed by atoms with Crippen LogP contribution in [0.2, 0.25) is 0 Å². The van der Waals surface area contributed by atoms with Crippen molar-refractivity contribution in [3.8, 4) is 0 Å². The number of carbonyl (C=O) groups is 2. The molecule has 2 N–H and O–H groups in total. The van der Waals surface area contributed by atoms with Gasteiger partial charge in [0.1, 0.15) is 0 Å². The SMILES string of the molecule is Cc1ccc(S(=O)(=O)N2CCC(C(=O)NCC(C)(C)C(=O)O)CC2)c(C)c1. The van der Waals surface area contributed by atoms with Crippen LogP contribution in [-0.2, 0) is 19.6 Å². The Morgan fingerprint density at radius 1 is 1.22 bits per heavy atom. The van der Waals surface area contributed by atoms with Crippen molar-refractivity contribution < 1.29 is 23.1 Å². The van der Waals surface area contributed by atoms with Crippen molar-refractivity contribution in [1.29, 1.82) is 0 Å². The number of rotatable bonds is 6. The molecule has 1 aliphatic rings. The Morgan fingerprint density at radius 3 is 2.33 bits per heavy atom. The summed E-state index contributed by atoms with van der Waals surface area (Å²) in [5.41, 5.74) is 0.680. The number of nitrogens with zero attached hydrogens (tertiary/aromatic N) is 1. The summed E-state index contributed by atoms with van der Waals surface area (Å²) in [5.74, 6) is -1.50. The number of carboxylic acid groups (broad SMARTS) is 1. The zero-order valence-corrected chi connectivity index (χ0v) is 17.1. The Hall–Kier alpha value is -1.93. The molecule has 1 fully saturated rings. The molecule has 0 bridgehead atoms. The zero-order valence-electron chi connectivity index (χ0n) is 16.3.